The van der Waals surface area contributed by atoms with Gasteiger partial charge in [0.1, 0.15) is 12.2 Å². The zero-order chi connectivity index (χ0) is 71.1. The highest BCUT2D eigenvalue weighted by molar-refractivity contribution is 5.83. The summed E-state index contributed by atoms with van der Waals surface area (Å²) in [5.41, 5.74) is 0.694. The molecule has 5 heterocycles. The highest BCUT2D eigenvalue weighted by Crippen LogP contribution is 2.37. The maximum atomic E-state index is 14.0. The van der Waals surface area contributed by atoms with Gasteiger partial charge in [-0.2, -0.15) is 0 Å². The van der Waals surface area contributed by atoms with Gasteiger partial charge >= 0.3 is 11.9 Å². The van der Waals surface area contributed by atoms with E-state index >= 15 is 0 Å². The summed E-state index contributed by atoms with van der Waals surface area (Å²) in [6, 6.07) is 0. The molecule has 31 atom stereocenters. The van der Waals surface area contributed by atoms with E-state index < -0.39 is 139 Å². The summed E-state index contributed by atoms with van der Waals surface area (Å²) >= 11 is 0. The van der Waals surface area contributed by atoms with Crippen LogP contribution in [-0.2, 0) is 57.0 Å². The van der Waals surface area contributed by atoms with Crippen molar-refractivity contribution in [2.45, 2.75) is 327 Å². The molecule has 5 aliphatic rings. The van der Waals surface area contributed by atoms with Crippen molar-refractivity contribution in [3.63, 3.8) is 0 Å². The van der Waals surface area contributed by atoms with Crippen molar-refractivity contribution < 1.29 is 97.8 Å². The van der Waals surface area contributed by atoms with Gasteiger partial charge in [-0.25, -0.2) is 9.59 Å². The monoisotopic (exact) mass is 1360 g/mol. The van der Waals surface area contributed by atoms with Gasteiger partial charge < -0.3 is 88.2 Å². The van der Waals surface area contributed by atoms with Crippen LogP contribution in [0.4, 0.5) is 0 Å². The first-order chi connectivity index (χ1) is 45.4. The van der Waals surface area contributed by atoms with Crippen LogP contribution in [0.3, 0.4) is 0 Å². The average Bonchev–Trinajstić information content (AvgIpc) is 0.864. The minimum atomic E-state index is -1.18. The SMILES string of the molecule is CO[C@H]1C[C@H](CC[C@H](C)[C@H](O)[C@H](C)[C@@H]2OC(=O)C=CC(C)[C@@H](O)C[C@H]3C=CC[C@@H](C[C@H](OC)[C@@H](C)[C@@H](O)C[C@@H](O)[C@H](C)[C@@H]([C@@H](C)[C@@H](O)[C@@H](C)CC[C@H]4C[C@H](OC)C[C@H](C)O4)OC(=O)C=CC(C)=CC[C@H](O)C[C@H]4C=CC[C@@H](C[C@H](OC)[C@@H](C)[C@@H](O)C[C@@H](O)[C@@H]2C)O4)O3)O[C@@H](C)C1. The number of methoxy groups -OCH3 is 4. The Bertz CT molecular complexity index is 2380. The van der Waals surface area contributed by atoms with Gasteiger partial charge in [0, 0.05) is 108 Å². The number of allylic oxidation sites excluding steroid dienone is 2. The van der Waals surface area contributed by atoms with Crippen molar-refractivity contribution >= 4 is 11.9 Å². The molecule has 0 radical (unpaired) electrons. The van der Waals surface area contributed by atoms with Gasteiger partial charge in [-0.3, -0.25) is 0 Å². The van der Waals surface area contributed by atoms with Gasteiger partial charge in [0.25, 0.3) is 0 Å². The van der Waals surface area contributed by atoms with Crippen LogP contribution in [0, 0.1) is 53.3 Å². The first kappa shape index (κ1) is 83.7. The second-order valence-electron chi connectivity index (χ2n) is 30.0. The summed E-state index contributed by atoms with van der Waals surface area (Å²) in [4.78, 5) is 27.9. The topological polar surface area (TPSA) is 288 Å². The summed E-state index contributed by atoms with van der Waals surface area (Å²) in [6.07, 6.45) is 11.3. The van der Waals surface area contributed by atoms with Gasteiger partial charge in [0.05, 0.1) is 122 Å². The Kier molecular flexibility index (Phi) is 36.4. The molecule has 554 valence electrons. The molecule has 0 aliphatic carbocycles. The summed E-state index contributed by atoms with van der Waals surface area (Å²) < 4.78 is 61.4. The van der Waals surface area contributed by atoms with Crippen molar-refractivity contribution in [2.24, 2.45) is 53.3 Å². The third-order valence-corrected chi connectivity index (χ3v) is 22.2. The van der Waals surface area contributed by atoms with Crippen molar-refractivity contribution in [2.75, 3.05) is 28.4 Å². The lowest BCUT2D eigenvalue weighted by Crippen LogP contribution is -2.45. The maximum Gasteiger partial charge on any atom is 0.331 e. The van der Waals surface area contributed by atoms with Crippen molar-refractivity contribution in [3.8, 4) is 0 Å². The molecule has 8 N–H and O–H groups in total. The smallest absolute Gasteiger partial charge is 0.331 e. The molecular weight excluding hydrogens is 1230 g/mol. The average molecular weight is 1360 g/mol. The van der Waals surface area contributed by atoms with Crippen molar-refractivity contribution in [3.05, 3.63) is 60.3 Å². The van der Waals surface area contributed by atoms with Gasteiger partial charge in [-0.1, -0.05) is 110 Å². The van der Waals surface area contributed by atoms with Gasteiger partial charge in [0.2, 0.25) is 0 Å². The molecule has 1 unspecified atom stereocenters. The Morgan fingerprint density at radius 2 is 0.885 bits per heavy atom. The van der Waals surface area contributed by atoms with E-state index in [0.717, 1.165) is 25.7 Å². The number of cyclic esters (lactones) is 2. The summed E-state index contributed by atoms with van der Waals surface area (Å²) in [7, 11) is 6.57. The van der Waals surface area contributed by atoms with E-state index in [1.807, 2.05) is 92.7 Å². The Morgan fingerprint density at radius 1 is 0.469 bits per heavy atom. The fraction of sp³-hybridized carbons (Fsp3) is 0.842. The van der Waals surface area contributed by atoms with Crippen LogP contribution in [0.15, 0.2) is 60.3 Å². The third-order valence-electron chi connectivity index (χ3n) is 22.2. The molecule has 0 saturated carbocycles. The van der Waals surface area contributed by atoms with Crippen molar-refractivity contribution in [1.82, 2.24) is 0 Å². The number of ether oxygens (including phenoxy) is 10. The van der Waals surface area contributed by atoms with E-state index in [-0.39, 0.29) is 92.8 Å². The van der Waals surface area contributed by atoms with Crippen LogP contribution in [0.2, 0.25) is 0 Å². The van der Waals surface area contributed by atoms with Crippen LogP contribution in [0.25, 0.3) is 0 Å². The van der Waals surface area contributed by atoms with E-state index in [0.29, 0.717) is 56.9 Å². The fourth-order valence-corrected chi connectivity index (χ4v) is 15.2. The minimum Gasteiger partial charge on any atom is -0.458 e. The molecule has 4 bridgehead atoms. The number of carbonyl (C=O) groups is 2. The largest absolute Gasteiger partial charge is 0.458 e. The van der Waals surface area contributed by atoms with Crippen LogP contribution < -0.4 is 0 Å². The first-order valence-corrected chi connectivity index (χ1v) is 36.4. The van der Waals surface area contributed by atoms with Crippen LogP contribution in [-0.4, -0.2) is 216 Å². The predicted molar refractivity (Wildman–Crippen MR) is 368 cm³/mol. The Hall–Kier alpha value is -3.00. The second-order valence-corrected chi connectivity index (χ2v) is 30.0. The number of hydrogen-bond donors (Lipinski definition) is 8. The van der Waals surface area contributed by atoms with Crippen LogP contribution in [0.5, 0.6) is 0 Å². The molecule has 5 aliphatic heterocycles. The lowest BCUT2D eigenvalue weighted by molar-refractivity contribution is -0.158. The maximum absolute atomic E-state index is 14.0. The third kappa shape index (κ3) is 26.7. The zero-order valence-corrected chi connectivity index (χ0v) is 61.1. The number of rotatable bonds is 16. The number of fused-ring (bicyclic) bond motifs is 4. The number of aliphatic hydroxyl groups excluding tert-OH is 8. The fourth-order valence-electron chi connectivity index (χ4n) is 15.2. The summed E-state index contributed by atoms with van der Waals surface area (Å²) in [6.45, 7) is 22.5. The molecule has 0 aromatic heterocycles. The second kappa shape index (κ2) is 41.8. The molecule has 96 heavy (non-hydrogen) atoms. The Balaban J connectivity index is 1.37. The molecule has 2 saturated heterocycles. The number of hydrogen-bond acceptors (Lipinski definition) is 20. The molecule has 0 amide bonds. The van der Waals surface area contributed by atoms with E-state index in [1.54, 1.807) is 61.4 Å². The quantitative estimate of drug-likeness (QED) is 0.0527. The Morgan fingerprint density at radius 3 is 1.31 bits per heavy atom. The van der Waals surface area contributed by atoms with Gasteiger partial charge in [-0.05, 0) is 116 Å². The molecule has 2 fully saturated rings. The zero-order valence-electron chi connectivity index (χ0n) is 61.1. The van der Waals surface area contributed by atoms with Gasteiger partial charge in [-0.15, -0.1) is 0 Å². The van der Waals surface area contributed by atoms with E-state index in [4.69, 9.17) is 47.4 Å². The predicted octanol–water partition coefficient (Wildman–Crippen LogP) is 9.41. The molecule has 0 aromatic rings. The first-order valence-electron chi connectivity index (χ1n) is 36.4. The standard InChI is InChI=1S/C76H130O20/c1-43-23-28-55(77)35-56-19-17-21-58(93-56)39-69(89-15)49(7)65(79)42-68(82)52(10)76(54(12)74(86)46(4)26-30-61-37-63(88-14)34-48(6)92-61)96-72(84)32-27-44(2)64(78)38-57-20-18-22-59(94-57)40-70(90-16)50(8)66(80)41-67(81)51(9)75(95-71(83)31-24-43)53(11)73(85)45(3)25-29-60-36-62(87-13)33-47(5)91-60/h17-20,23-24,27,31-32,44-70,73-82,85-86H,21-22,25-26,28-30,33-42H2,1-16H3/t44?,45-,46-,47-,48-,49-,50-,51-,52-,53-,54-,55-,56+,57+,58-,59-,60-,61-,62+,63+,64-,65-,66-,67+,68+,69-,70-,73-,74-,75-,76+/m0/s1. The molecule has 0 spiro atoms. The van der Waals surface area contributed by atoms with Crippen LogP contribution in [0.1, 0.15) is 192 Å². The lowest BCUT2D eigenvalue weighted by atomic mass is 9.78. The van der Waals surface area contributed by atoms with E-state index in [1.165, 1.54) is 12.2 Å². The Labute approximate surface area is 575 Å². The van der Waals surface area contributed by atoms with Crippen molar-refractivity contribution in [1.29, 1.82) is 0 Å². The summed E-state index contributed by atoms with van der Waals surface area (Å²) in [5.74, 6) is -6.16. The highest BCUT2D eigenvalue weighted by Gasteiger charge is 2.43. The van der Waals surface area contributed by atoms with E-state index in [9.17, 15) is 50.4 Å². The molecule has 20 nitrogen and oxygen atoms in total. The normalized spacial score (nSPS) is 40.5. The molecule has 20 heteroatoms. The molecule has 5 rings (SSSR count). The van der Waals surface area contributed by atoms with Crippen LogP contribution >= 0.6 is 0 Å². The molecular formula is C76H130O20. The highest BCUT2D eigenvalue weighted by atomic mass is 16.6. The number of carbonyl (C=O) groups excluding carboxylic acids is 2. The van der Waals surface area contributed by atoms with E-state index in [2.05, 4.69) is 0 Å². The minimum absolute atomic E-state index is 0.0312. The summed E-state index contributed by atoms with van der Waals surface area (Å²) in [5, 5.41) is 94.7. The number of esters is 2. The van der Waals surface area contributed by atoms with Gasteiger partial charge in [0.15, 0.2) is 0 Å². The molecule has 0 aromatic carbocycles. The lowest BCUT2D eigenvalue weighted by Gasteiger charge is -2.38. The number of aliphatic hydroxyl groups is 8.